The maximum Gasteiger partial charge on any atom is 0.112 e. The van der Waals surface area contributed by atoms with Crippen LogP contribution in [0.4, 0.5) is 0 Å². The largest absolute Gasteiger partial charge is 1.00 e. The molecule has 0 bridgehead atoms. The van der Waals surface area contributed by atoms with Crippen molar-refractivity contribution in [2.75, 3.05) is 27.2 Å². The number of nitrogens with zero attached hydrogens (tertiary/aromatic N) is 1. The summed E-state index contributed by atoms with van der Waals surface area (Å²) in [6, 6.07) is 0.505. The van der Waals surface area contributed by atoms with Crippen LogP contribution in [0.15, 0.2) is 0 Å². The smallest absolute Gasteiger partial charge is 0.112 e. The summed E-state index contributed by atoms with van der Waals surface area (Å²) in [7, 11) is 4.38. The lowest BCUT2D eigenvalue weighted by atomic mass is 10.2. The van der Waals surface area contributed by atoms with Crippen LogP contribution < -0.4 is 12.4 Å². The van der Waals surface area contributed by atoms with Crippen molar-refractivity contribution in [3.63, 3.8) is 0 Å². The molecule has 1 N–H and O–H groups in total. The Labute approximate surface area is 68.8 Å². The molecule has 62 valence electrons. The van der Waals surface area contributed by atoms with E-state index in [9.17, 15) is 0 Å². The second-order valence-corrected chi connectivity index (χ2v) is 3.48. The fourth-order valence-corrected chi connectivity index (χ4v) is 1.58. The Bertz CT molecular complexity index is 106. The van der Waals surface area contributed by atoms with Crippen LogP contribution in [0.1, 0.15) is 12.8 Å². The molecule has 1 heterocycles. The Kier molecular flexibility index (Phi) is 3.63. The fourth-order valence-electron chi connectivity index (χ4n) is 1.58. The lowest BCUT2D eigenvalue weighted by Gasteiger charge is -2.30. The van der Waals surface area contributed by atoms with E-state index in [4.69, 9.17) is 5.11 Å². The van der Waals surface area contributed by atoms with Crippen LogP contribution in [0.5, 0.6) is 0 Å². The summed E-state index contributed by atoms with van der Waals surface area (Å²) in [6.45, 7) is 1.58. The quantitative estimate of drug-likeness (QED) is 0.417. The molecular weight excluding hydrogens is 150 g/mol. The summed E-state index contributed by atoms with van der Waals surface area (Å²) < 4.78 is 1.01. The minimum absolute atomic E-state index is 0. The second kappa shape index (κ2) is 3.56. The minimum atomic E-state index is 0. The van der Waals surface area contributed by atoms with E-state index in [1.54, 1.807) is 0 Å². The molecule has 2 nitrogen and oxygen atoms in total. The van der Waals surface area contributed by atoms with Gasteiger partial charge in [0.25, 0.3) is 0 Å². The van der Waals surface area contributed by atoms with Crippen molar-refractivity contribution in [3.05, 3.63) is 0 Å². The predicted octanol–water partition coefficient (Wildman–Crippen LogP) is -2.78. The van der Waals surface area contributed by atoms with E-state index < -0.39 is 0 Å². The van der Waals surface area contributed by atoms with Crippen LogP contribution >= 0.6 is 0 Å². The first-order chi connectivity index (χ1) is 4.17. The van der Waals surface area contributed by atoms with Gasteiger partial charge in [0.05, 0.1) is 27.2 Å². The predicted molar refractivity (Wildman–Crippen MR) is 37.1 cm³/mol. The lowest BCUT2D eigenvalue weighted by Crippen LogP contribution is -3.00. The van der Waals surface area contributed by atoms with Crippen molar-refractivity contribution in [2.45, 2.75) is 18.9 Å². The molecule has 1 rings (SSSR count). The third-order valence-electron chi connectivity index (χ3n) is 2.47. The highest BCUT2D eigenvalue weighted by molar-refractivity contribution is 4.63. The molecule has 3 heteroatoms. The molecule has 0 aromatic carbocycles. The van der Waals surface area contributed by atoms with Crippen molar-refractivity contribution in [1.82, 2.24) is 0 Å². The van der Waals surface area contributed by atoms with E-state index in [0.29, 0.717) is 12.6 Å². The van der Waals surface area contributed by atoms with Crippen LogP contribution in [0.25, 0.3) is 0 Å². The lowest BCUT2D eigenvalue weighted by molar-refractivity contribution is -0.902. The standard InChI is InChI=1S/C7H16NO.ClH/c1-8(2)5-3-4-7(8)6-9;/h7,9H,3-6H2,1-2H3;1H/q+1;/p-1. The Morgan fingerprint density at radius 2 is 2.10 bits per heavy atom. The third-order valence-corrected chi connectivity index (χ3v) is 2.47. The summed E-state index contributed by atoms with van der Waals surface area (Å²) in [5.74, 6) is 0. The summed E-state index contributed by atoms with van der Waals surface area (Å²) in [5, 5.41) is 8.89. The maximum absolute atomic E-state index is 8.89. The Hall–Kier alpha value is 0.210. The second-order valence-electron chi connectivity index (χ2n) is 3.48. The Balaban J connectivity index is 0.000000810. The number of quaternary nitrogens is 1. The molecule has 1 aliphatic rings. The van der Waals surface area contributed by atoms with Crippen molar-refractivity contribution in [1.29, 1.82) is 0 Å². The molecule has 0 saturated carbocycles. The summed E-state index contributed by atoms with van der Waals surface area (Å²) in [6.07, 6.45) is 2.47. The van der Waals surface area contributed by atoms with Crippen molar-refractivity contribution in [3.8, 4) is 0 Å². The zero-order valence-corrected chi connectivity index (χ0v) is 7.43. The Morgan fingerprint density at radius 1 is 1.50 bits per heavy atom. The topological polar surface area (TPSA) is 20.2 Å². The molecule has 1 atom stereocenters. The molecule has 1 fully saturated rings. The van der Waals surface area contributed by atoms with Gasteiger partial charge in [-0.2, -0.15) is 0 Å². The van der Waals surface area contributed by atoms with Crippen LogP contribution in [-0.4, -0.2) is 42.9 Å². The normalized spacial score (nSPS) is 29.7. The van der Waals surface area contributed by atoms with Crippen LogP contribution in [0.2, 0.25) is 0 Å². The summed E-state index contributed by atoms with van der Waals surface area (Å²) in [4.78, 5) is 0. The van der Waals surface area contributed by atoms with Gasteiger partial charge in [-0.15, -0.1) is 0 Å². The van der Waals surface area contributed by atoms with Gasteiger partial charge < -0.3 is 22.0 Å². The zero-order chi connectivity index (χ0) is 6.91. The van der Waals surface area contributed by atoms with E-state index in [-0.39, 0.29) is 12.4 Å². The highest BCUT2D eigenvalue weighted by Gasteiger charge is 2.32. The first kappa shape index (κ1) is 10.2. The molecule has 1 aliphatic heterocycles. The van der Waals surface area contributed by atoms with E-state index in [0.717, 1.165) is 4.48 Å². The van der Waals surface area contributed by atoms with Crippen molar-refractivity contribution in [2.24, 2.45) is 0 Å². The third kappa shape index (κ3) is 1.84. The molecule has 0 radical (unpaired) electrons. The van der Waals surface area contributed by atoms with Gasteiger partial charge in [0, 0.05) is 12.8 Å². The number of aliphatic hydroxyl groups is 1. The number of likely N-dealkylation sites (tertiary alicyclic amines) is 1. The van der Waals surface area contributed by atoms with Gasteiger partial charge in [-0.25, -0.2) is 0 Å². The molecule has 10 heavy (non-hydrogen) atoms. The molecule has 0 amide bonds. The first-order valence-corrected chi connectivity index (χ1v) is 3.60. The molecule has 0 aromatic heterocycles. The molecular formula is C7H16ClNO. The van der Waals surface area contributed by atoms with Gasteiger partial charge in [-0.3, -0.25) is 0 Å². The highest BCUT2D eigenvalue weighted by atomic mass is 35.5. The number of rotatable bonds is 1. The van der Waals surface area contributed by atoms with E-state index in [1.807, 2.05) is 0 Å². The average Bonchev–Trinajstić information content (AvgIpc) is 2.08. The zero-order valence-electron chi connectivity index (χ0n) is 6.68. The van der Waals surface area contributed by atoms with Gasteiger partial charge in [0.15, 0.2) is 0 Å². The molecule has 1 saturated heterocycles. The van der Waals surface area contributed by atoms with Crippen LogP contribution in [0, 0.1) is 0 Å². The van der Waals surface area contributed by atoms with Crippen molar-refractivity contribution >= 4 is 0 Å². The highest BCUT2D eigenvalue weighted by Crippen LogP contribution is 2.20. The molecule has 0 spiro atoms. The van der Waals surface area contributed by atoms with Crippen LogP contribution in [-0.2, 0) is 0 Å². The average molecular weight is 166 g/mol. The van der Waals surface area contributed by atoms with Crippen LogP contribution in [0.3, 0.4) is 0 Å². The van der Waals surface area contributed by atoms with Gasteiger partial charge >= 0.3 is 0 Å². The SMILES string of the molecule is C[N+]1(C)CCCC1CO.[Cl-]. The van der Waals surface area contributed by atoms with E-state index >= 15 is 0 Å². The van der Waals surface area contributed by atoms with E-state index in [2.05, 4.69) is 14.1 Å². The minimum Gasteiger partial charge on any atom is -1.00 e. The summed E-state index contributed by atoms with van der Waals surface area (Å²) >= 11 is 0. The van der Waals surface area contributed by atoms with E-state index in [1.165, 1.54) is 19.4 Å². The first-order valence-electron chi connectivity index (χ1n) is 3.60. The fraction of sp³-hybridized carbons (Fsp3) is 1.00. The summed E-state index contributed by atoms with van der Waals surface area (Å²) in [5.41, 5.74) is 0. The van der Waals surface area contributed by atoms with Crippen molar-refractivity contribution < 1.29 is 22.0 Å². The molecule has 0 aliphatic carbocycles. The molecule has 1 unspecified atom stereocenters. The molecule has 0 aromatic rings. The number of likely N-dealkylation sites (N-methyl/N-ethyl adjacent to an activating group) is 1. The van der Waals surface area contributed by atoms with Gasteiger partial charge in [-0.1, -0.05) is 0 Å². The maximum atomic E-state index is 8.89. The number of aliphatic hydroxyl groups excluding tert-OH is 1. The van der Waals surface area contributed by atoms with Gasteiger partial charge in [0.2, 0.25) is 0 Å². The Morgan fingerprint density at radius 3 is 2.30 bits per heavy atom. The number of halogens is 1. The van der Waals surface area contributed by atoms with Gasteiger partial charge in [0.1, 0.15) is 6.04 Å². The number of hydrogen-bond acceptors (Lipinski definition) is 1. The van der Waals surface area contributed by atoms with Gasteiger partial charge in [-0.05, 0) is 0 Å². The monoisotopic (exact) mass is 165 g/mol. The number of hydrogen-bond donors (Lipinski definition) is 1.